The lowest BCUT2D eigenvalue weighted by atomic mass is 10.1. The normalized spacial score (nSPS) is 20.9. The largest absolute Gasteiger partial charge is 0.455 e. The summed E-state index contributed by atoms with van der Waals surface area (Å²) < 4.78 is 39.5. The molecule has 2 fully saturated rings. The van der Waals surface area contributed by atoms with E-state index in [2.05, 4.69) is 15.9 Å². The molecule has 0 radical (unpaired) electrons. The molecule has 0 bridgehead atoms. The number of carbonyl (C=O) groups excluding carboxylic acids is 1. The second kappa shape index (κ2) is 8.22. The molecule has 1 atom stereocenters. The van der Waals surface area contributed by atoms with Gasteiger partial charge in [-0.25, -0.2) is 8.42 Å². The molecule has 7 nitrogen and oxygen atoms in total. The number of benzene rings is 1. The number of furan rings is 1. The van der Waals surface area contributed by atoms with Crippen molar-refractivity contribution in [2.75, 3.05) is 32.8 Å². The van der Waals surface area contributed by atoms with Crippen LogP contribution in [0.3, 0.4) is 0 Å². The Balaban J connectivity index is 1.53. The number of amides is 1. The Labute approximate surface area is 178 Å². The summed E-state index contributed by atoms with van der Waals surface area (Å²) in [4.78, 5) is 14.7. The molecule has 1 aromatic carbocycles. The van der Waals surface area contributed by atoms with Crippen LogP contribution < -0.4 is 0 Å². The Hall–Kier alpha value is -1.68. The van der Waals surface area contributed by atoms with Gasteiger partial charge in [0.2, 0.25) is 10.0 Å². The lowest BCUT2D eigenvalue weighted by Crippen LogP contribution is -2.42. The van der Waals surface area contributed by atoms with Crippen molar-refractivity contribution in [2.45, 2.75) is 30.8 Å². The summed E-state index contributed by atoms with van der Waals surface area (Å²) in [6.45, 7) is 3.83. The first kappa shape index (κ1) is 20.6. The van der Waals surface area contributed by atoms with Gasteiger partial charge in [0.25, 0.3) is 5.91 Å². The maximum absolute atomic E-state index is 13.0. The molecule has 2 aromatic rings. The van der Waals surface area contributed by atoms with E-state index >= 15 is 0 Å². The molecule has 0 saturated carbocycles. The van der Waals surface area contributed by atoms with Crippen LogP contribution in [0.4, 0.5) is 0 Å². The minimum absolute atomic E-state index is 0.0525. The Morgan fingerprint density at radius 3 is 2.52 bits per heavy atom. The average molecular weight is 483 g/mol. The molecule has 0 spiro atoms. The van der Waals surface area contributed by atoms with Crippen LogP contribution in [-0.4, -0.2) is 56.3 Å². The highest BCUT2D eigenvalue weighted by atomic mass is 79.9. The maximum atomic E-state index is 13.0. The summed E-state index contributed by atoms with van der Waals surface area (Å²) >= 11 is 3.41. The van der Waals surface area contributed by atoms with Gasteiger partial charge in [0, 0.05) is 30.2 Å². The molecule has 2 aliphatic heterocycles. The van der Waals surface area contributed by atoms with Crippen LogP contribution in [0.15, 0.2) is 44.1 Å². The number of hydrogen-bond acceptors (Lipinski definition) is 5. The van der Waals surface area contributed by atoms with E-state index in [1.807, 2.05) is 24.3 Å². The number of ether oxygens (including phenoxy) is 1. The average Bonchev–Trinajstić information content (AvgIpc) is 3.39. The molecular weight excluding hydrogens is 460 g/mol. The molecule has 29 heavy (non-hydrogen) atoms. The van der Waals surface area contributed by atoms with Crippen LogP contribution in [0, 0.1) is 6.92 Å². The van der Waals surface area contributed by atoms with Crippen LogP contribution in [0.1, 0.15) is 40.8 Å². The molecular formula is C20H23BrN2O5S. The van der Waals surface area contributed by atoms with Crippen molar-refractivity contribution < 1.29 is 22.4 Å². The van der Waals surface area contributed by atoms with Crippen molar-refractivity contribution in [1.29, 1.82) is 0 Å². The van der Waals surface area contributed by atoms with Gasteiger partial charge < -0.3 is 14.1 Å². The predicted molar refractivity (Wildman–Crippen MR) is 110 cm³/mol. The highest BCUT2D eigenvalue weighted by Gasteiger charge is 2.33. The second-order valence-electron chi connectivity index (χ2n) is 7.30. The van der Waals surface area contributed by atoms with E-state index in [4.69, 9.17) is 9.15 Å². The molecule has 156 valence electrons. The van der Waals surface area contributed by atoms with Gasteiger partial charge in [0.1, 0.15) is 16.8 Å². The van der Waals surface area contributed by atoms with E-state index in [-0.39, 0.29) is 28.4 Å². The first-order valence-electron chi connectivity index (χ1n) is 9.63. The molecule has 9 heteroatoms. The Morgan fingerprint density at radius 1 is 1.14 bits per heavy atom. The quantitative estimate of drug-likeness (QED) is 0.667. The van der Waals surface area contributed by atoms with Gasteiger partial charge in [0.05, 0.1) is 13.2 Å². The third kappa shape index (κ3) is 4.14. The molecule has 1 unspecified atom stereocenters. The SMILES string of the molecule is Cc1oc(C(=O)N2CCOC(c3ccc(Br)cc3)C2)cc1S(=O)(=O)N1CCCC1. The van der Waals surface area contributed by atoms with E-state index < -0.39 is 10.0 Å². The monoisotopic (exact) mass is 482 g/mol. The van der Waals surface area contributed by atoms with Crippen molar-refractivity contribution in [2.24, 2.45) is 0 Å². The number of aryl methyl sites for hydroxylation is 1. The summed E-state index contributed by atoms with van der Waals surface area (Å²) in [5.74, 6) is -0.0175. The van der Waals surface area contributed by atoms with Gasteiger partial charge >= 0.3 is 0 Å². The number of hydrogen-bond donors (Lipinski definition) is 0. The Kier molecular flexibility index (Phi) is 5.83. The molecule has 1 amide bonds. The molecule has 2 saturated heterocycles. The topological polar surface area (TPSA) is 80.1 Å². The fraction of sp³-hybridized carbons (Fsp3) is 0.450. The molecule has 3 heterocycles. The number of nitrogens with zero attached hydrogens (tertiary/aromatic N) is 2. The fourth-order valence-electron chi connectivity index (χ4n) is 3.76. The third-order valence-electron chi connectivity index (χ3n) is 5.36. The summed E-state index contributed by atoms with van der Waals surface area (Å²) in [5, 5.41) is 0. The first-order valence-corrected chi connectivity index (χ1v) is 11.9. The Bertz CT molecular complexity index is 996. The Morgan fingerprint density at radius 2 is 1.83 bits per heavy atom. The highest BCUT2D eigenvalue weighted by molar-refractivity contribution is 9.10. The minimum Gasteiger partial charge on any atom is -0.455 e. The van der Waals surface area contributed by atoms with Crippen molar-refractivity contribution in [3.05, 3.63) is 51.9 Å². The number of carbonyl (C=O) groups is 1. The van der Waals surface area contributed by atoms with Crippen molar-refractivity contribution in [3.63, 3.8) is 0 Å². The van der Waals surface area contributed by atoms with Gasteiger partial charge in [0.15, 0.2) is 5.76 Å². The summed E-state index contributed by atoms with van der Waals surface area (Å²) in [7, 11) is -3.63. The lowest BCUT2D eigenvalue weighted by molar-refractivity contribution is -0.0238. The molecule has 0 aliphatic carbocycles. The lowest BCUT2D eigenvalue weighted by Gasteiger charge is -2.32. The van der Waals surface area contributed by atoms with E-state index in [0.29, 0.717) is 32.8 Å². The zero-order valence-electron chi connectivity index (χ0n) is 16.1. The zero-order valence-corrected chi connectivity index (χ0v) is 18.5. The zero-order chi connectivity index (χ0) is 20.6. The van der Waals surface area contributed by atoms with Crippen molar-refractivity contribution in [1.82, 2.24) is 9.21 Å². The van der Waals surface area contributed by atoms with E-state index in [9.17, 15) is 13.2 Å². The second-order valence-corrected chi connectivity index (χ2v) is 10.1. The minimum atomic E-state index is -3.63. The third-order valence-corrected chi connectivity index (χ3v) is 7.90. The predicted octanol–water partition coefficient (Wildman–Crippen LogP) is 3.35. The standard InChI is InChI=1S/C20H23BrN2O5S/c1-14-19(29(25,26)23-8-2-3-9-23)12-17(28-14)20(24)22-10-11-27-18(13-22)15-4-6-16(21)7-5-15/h4-7,12,18H,2-3,8-11,13H2,1H3. The number of morpholine rings is 1. The van der Waals surface area contributed by atoms with Crippen LogP contribution in [0.2, 0.25) is 0 Å². The number of rotatable bonds is 4. The molecule has 1 aromatic heterocycles. The first-order chi connectivity index (χ1) is 13.9. The van der Waals surface area contributed by atoms with Gasteiger partial charge in [-0.1, -0.05) is 28.1 Å². The van der Waals surface area contributed by atoms with Crippen LogP contribution in [0.25, 0.3) is 0 Å². The van der Waals surface area contributed by atoms with Crippen LogP contribution >= 0.6 is 15.9 Å². The number of sulfonamides is 1. The smallest absolute Gasteiger partial charge is 0.289 e. The van der Waals surface area contributed by atoms with Crippen molar-refractivity contribution in [3.8, 4) is 0 Å². The molecule has 0 N–H and O–H groups in total. The van der Waals surface area contributed by atoms with Crippen LogP contribution in [0.5, 0.6) is 0 Å². The molecule has 2 aliphatic rings. The van der Waals surface area contributed by atoms with Gasteiger partial charge in [-0.3, -0.25) is 4.79 Å². The molecule has 4 rings (SSSR count). The van der Waals surface area contributed by atoms with E-state index in [1.165, 1.54) is 10.4 Å². The maximum Gasteiger partial charge on any atom is 0.289 e. The van der Waals surface area contributed by atoms with E-state index in [0.717, 1.165) is 22.9 Å². The fourth-order valence-corrected chi connectivity index (χ4v) is 5.71. The summed E-state index contributed by atoms with van der Waals surface area (Å²) in [5.41, 5.74) is 0.985. The van der Waals surface area contributed by atoms with Gasteiger partial charge in [-0.2, -0.15) is 4.31 Å². The number of halogens is 1. The summed E-state index contributed by atoms with van der Waals surface area (Å²) in [6, 6.07) is 9.16. The van der Waals surface area contributed by atoms with Gasteiger partial charge in [-0.05, 0) is 37.5 Å². The summed E-state index contributed by atoms with van der Waals surface area (Å²) in [6.07, 6.45) is 1.48. The van der Waals surface area contributed by atoms with E-state index in [1.54, 1.807) is 11.8 Å². The highest BCUT2D eigenvalue weighted by Crippen LogP contribution is 2.29. The van der Waals surface area contributed by atoms with Crippen molar-refractivity contribution >= 4 is 31.9 Å². The van der Waals surface area contributed by atoms with Gasteiger partial charge in [-0.15, -0.1) is 0 Å². The van der Waals surface area contributed by atoms with Crippen LogP contribution in [-0.2, 0) is 14.8 Å².